The molecule has 2 atom stereocenters. The van der Waals surface area contributed by atoms with Crippen LogP contribution in [0.15, 0.2) is 0 Å². The largest absolute Gasteiger partial charge is 0.299 e. The fourth-order valence-electron chi connectivity index (χ4n) is 2.91. The van der Waals surface area contributed by atoms with Crippen LogP contribution < -0.4 is 0 Å². The van der Waals surface area contributed by atoms with E-state index in [9.17, 15) is 0 Å². The van der Waals surface area contributed by atoms with E-state index < -0.39 is 0 Å². The van der Waals surface area contributed by atoms with Gasteiger partial charge in [0.05, 0.1) is 12.0 Å². The summed E-state index contributed by atoms with van der Waals surface area (Å²) in [5, 5.41) is 9.15. The number of nitriles is 1. The Balaban J connectivity index is 2.56. The molecular formula is C14H26N2. The minimum Gasteiger partial charge on any atom is -0.299 e. The van der Waals surface area contributed by atoms with Gasteiger partial charge in [-0.15, -0.1) is 0 Å². The van der Waals surface area contributed by atoms with E-state index in [0.29, 0.717) is 6.04 Å². The predicted octanol–water partition coefficient (Wildman–Crippen LogP) is 3.44. The molecule has 0 N–H and O–H groups in total. The summed E-state index contributed by atoms with van der Waals surface area (Å²) >= 11 is 0. The van der Waals surface area contributed by atoms with Gasteiger partial charge in [-0.1, -0.05) is 40.0 Å². The summed E-state index contributed by atoms with van der Waals surface area (Å²) in [6, 6.07) is 3.03. The van der Waals surface area contributed by atoms with Crippen LogP contribution in [0.3, 0.4) is 0 Å². The van der Waals surface area contributed by atoms with E-state index in [-0.39, 0.29) is 5.92 Å². The first-order valence-electron chi connectivity index (χ1n) is 6.90. The topological polar surface area (TPSA) is 27.0 Å². The third kappa shape index (κ3) is 3.22. The molecule has 0 amide bonds. The Hall–Kier alpha value is -0.550. The first-order chi connectivity index (χ1) is 7.76. The van der Waals surface area contributed by atoms with Gasteiger partial charge in [-0.05, 0) is 25.3 Å². The molecule has 0 aliphatic heterocycles. The molecule has 0 aromatic heterocycles. The van der Waals surface area contributed by atoms with Crippen molar-refractivity contribution in [3.05, 3.63) is 0 Å². The van der Waals surface area contributed by atoms with Gasteiger partial charge in [-0.3, -0.25) is 4.90 Å². The molecule has 0 aromatic carbocycles. The van der Waals surface area contributed by atoms with E-state index >= 15 is 0 Å². The van der Waals surface area contributed by atoms with E-state index in [4.69, 9.17) is 5.26 Å². The molecule has 1 fully saturated rings. The maximum Gasteiger partial charge on any atom is 0.0672 e. The van der Waals surface area contributed by atoms with Crippen LogP contribution in [0.25, 0.3) is 0 Å². The van der Waals surface area contributed by atoms with Crippen LogP contribution in [0.5, 0.6) is 0 Å². The lowest BCUT2D eigenvalue weighted by Gasteiger charge is -2.32. The molecule has 2 nitrogen and oxygen atoms in total. The van der Waals surface area contributed by atoms with Crippen LogP contribution in [-0.2, 0) is 0 Å². The summed E-state index contributed by atoms with van der Waals surface area (Å²) in [6.45, 7) is 9.07. The van der Waals surface area contributed by atoms with Gasteiger partial charge in [0.25, 0.3) is 0 Å². The highest BCUT2D eigenvalue weighted by molar-refractivity contribution is 4.97. The SMILES string of the molecule is CCC(CC)CN(CC)C1CCCC1C#N. The quantitative estimate of drug-likeness (QED) is 0.688. The zero-order valence-electron chi connectivity index (χ0n) is 11.1. The lowest BCUT2D eigenvalue weighted by molar-refractivity contribution is 0.155. The average Bonchev–Trinajstić information content (AvgIpc) is 2.79. The van der Waals surface area contributed by atoms with E-state index in [1.807, 2.05) is 0 Å². The van der Waals surface area contributed by atoms with E-state index in [1.165, 1.54) is 32.2 Å². The minimum absolute atomic E-state index is 0.286. The normalized spacial score (nSPS) is 25.2. The molecule has 0 bridgehead atoms. The number of nitrogens with zero attached hydrogens (tertiary/aromatic N) is 2. The maximum atomic E-state index is 9.15. The van der Waals surface area contributed by atoms with Gasteiger partial charge in [0.1, 0.15) is 0 Å². The monoisotopic (exact) mass is 222 g/mol. The Morgan fingerprint density at radius 2 is 1.94 bits per heavy atom. The second-order valence-electron chi connectivity index (χ2n) is 5.00. The molecule has 92 valence electrons. The minimum atomic E-state index is 0.286. The molecule has 0 saturated heterocycles. The molecule has 0 aromatic rings. The van der Waals surface area contributed by atoms with Crippen molar-refractivity contribution in [2.75, 3.05) is 13.1 Å². The summed E-state index contributed by atoms with van der Waals surface area (Å²) in [6.07, 6.45) is 6.10. The summed E-state index contributed by atoms with van der Waals surface area (Å²) in [7, 11) is 0. The van der Waals surface area contributed by atoms with Crippen molar-refractivity contribution in [3.63, 3.8) is 0 Å². The van der Waals surface area contributed by atoms with Gasteiger partial charge in [0.2, 0.25) is 0 Å². The number of hydrogen-bond acceptors (Lipinski definition) is 2. The van der Waals surface area contributed by atoms with Crippen LogP contribution in [0, 0.1) is 23.2 Å². The van der Waals surface area contributed by atoms with Crippen LogP contribution in [0.2, 0.25) is 0 Å². The lowest BCUT2D eigenvalue weighted by atomic mass is 9.99. The van der Waals surface area contributed by atoms with Gasteiger partial charge in [0, 0.05) is 12.6 Å². The third-order valence-corrected chi connectivity index (χ3v) is 4.17. The Kier molecular flexibility index (Phi) is 5.84. The van der Waals surface area contributed by atoms with Crippen molar-refractivity contribution in [2.45, 2.75) is 58.9 Å². The Labute approximate surface area is 101 Å². The van der Waals surface area contributed by atoms with Crippen LogP contribution in [0.4, 0.5) is 0 Å². The van der Waals surface area contributed by atoms with E-state index in [1.54, 1.807) is 0 Å². The molecule has 2 heteroatoms. The van der Waals surface area contributed by atoms with E-state index in [2.05, 4.69) is 31.7 Å². The standard InChI is InChI=1S/C14H26N2/c1-4-12(5-2)11-16(6-3)14-9-7-8-13(14)10-15/h12-14H,4-9,11H2,1-3H3. The van der Waals surface area contributed by atoms with Crippen molar-refractivity contribution >= 4 is 0 Å². The fourth-order valence-corrected chi connectivity index (χ4v) is 2.91. The van der Waals surface area contributed by atoms with Gasteiger partial charge in [-0.25, -0.2) is 0 Å². The molecule has 0 radical (unpaired) electrons. The fraction of sp³-hybridized carbons (Fsp3) is 0.929. The Morgan fingerprint density at radius 3 is 2.44 bits per heavy atom. The first kappa shape index (κ1) is 13.5. The van der Waals surface area contributed by atoms with Gasteiger partial charge < -0.3 is 0 Å². The predicted molar refractivity (Wildman–Crippen MR) is 68.1 cm³/mol. The maximum absolute atomic E-state index is 9.15. The van der Waals surface area contributed by atoms with Crippen molar-refractivity contribution in [3.8, 4) is 6.07 Å². The second-order valence-corrected chi connectivity index (χ2v) is 5.00. The van der Waals surface area contributed by atoms with Gasteiger partial charge >= 0.3 is 0 Å². The molecule has 0 heterocycles. The van der Waals surface area contributed by atoms with Crippen molar-refractivity contribution < 1.29 is 0 Å². The summed E-state index contributed by atoms with van der Waals surface area (Å²) in [5.41, 5.74) is 0. The zero-order chi connectivity index (χ0) is 12.0. The lowest BCUT2D eigenvalue weighted by Crippen LogP contribution is -2.40. The molecule has 1 aliphatic carbocycles. The molecule has 1 saturated carbocycles. The molecular weight excluding hydrogens is 196 g/mol. The van der Waals surface area contributed by atoms with Crippen LogP contribution in [0.1, 0.15) is 52.9 Å². The van der Waals surface area contributed by atoms with Crippen LogP contribution >= 0.6 is 0 Å². The number of hydrogen-bond donors (Lipinski definition) is 0. The summed E-state index contributed by atoms with van der Waals surface area (Å²) in [4.78, 5) is 2.55. The highest BCUT2D eigenvalue weighted by Crippen LogP contribution is 2.30. The van der Waals surface area contributed by atoms with Gasteiger partial charge in [0.15, 0.2) is 0 Å². The van der Waals surface area contributed by atoms with Crippen molar-refractivity contribution in [1.29, 1.82) is 5.26 Å². The van der Waals surface area contributed by atoms with E-state index in [0.717, 1.165) is 18.9 Å². The first-order valence-corrected chi connectivity index (χ1v) is 6.90. The zero-order valence-corrected chi connectivity index (χ0v) is 11.1. The summed E-state index contributed by atoms with van der Waals surface area (Å²) < 4.78 is 0. The van der Waals surface area contributed by atoms with Crippen molar-refractivity contribution in [1.82, 2.24) is 4.90 Å². The Bertz CT molecular complexity index is 227. The number of rotatable bonds is 6. The summed E-state index contributed by atoms with van der Waals surface area (Å²) in [5.74, 6) is 1.09. The highest BCUT2D eigenvalue weighted by atomic mass is 15.2. The molecule has 1 rings (SSSR count). The van der Waals surface area contributed by atoms with Crippen LogP contribution in [-0.4, -0.2) is 24.0 Å². The molecule has 16 heavy (non-hydrogen) atoms. The van der Waals surface area contributed by atoms with Gasteiger partial charge in [-0.2, -0.15) is 5.26 Å². The molecule has 1 aliphatic rings. The second kappa shape index (κ2) is 6.91. The molecule has 0 spiro atoms. The molecule has 2 unspecified atom stereocenters. The highest BCUT2D eigenvalue weighted by Gasteiger charge is 2.31. The average molecular weight is 222 g/mol. The van der Waals surface area contributed by atoms with Crippen molar-refractivity contribution in [2.24, 2.45) is 11.8 Å². The smallest absolute Gasteiger partial charge is 0.0672 e. The Morgan fingerprint density at radius 1 is 1.25 bits per heavy atom. The third-order valence-electron chi connectivity index (χ3n) is 4.17.